The van der Waals surface area contributed by atoms with E-state index in [4.69, 9.17) is 5.41 Å². The van der Waals surface area contributed by atoms with Gasteiger partial charge in [-0.2, -0.15) is 0 Å². The summed E-state index contributed by atoms with van der Waals surface area (Å²) in [7, 11) is 0. The van der Waals surface area contributed by atoms with Crippen molar-refractivity contribution in [3.05, 3.63) is 30.3 Å². The molecule has 0 spiro atoms. The normalized spacial score (nSPS) is 6.67. The summed E-state index contributed by atoms with van der Waals surface area (Å²) in [4.78, 5) is 1.02. The van der Waals surface area contributed by atoms with Crippen molar-refractivity contribution in [3.63, 3.8) is 0 Å². The van der Waals surface area contributed by atoms with Crippen molar-refractivity contribution in [1.29, 1.82) is 5.41 Å². The maximum Gasteiger partial charge on any atom is 0.00399 e. The molecule has 0 bridgehead atoms. The van der Waals surface area contributed by atoms with Crippen LogP contribution >= 0.6 is 12.6 Å². The third-order valence-electron chi connectivity index (χ3n) is 0.756. The van der Waals surface area contributed by atoms with Gasteiger partial charge in [-0.05, 0) is 25.3 Å². The Morgan fingerprint density at radius 2 is 1.50 bits per heavy atom. The minimum atomic E-state index is 1.02. The van der Waals surface area contributed by atoms with Gasteiger partial charge in [0.25, 0.3) is 0 Å². The molecule has 0 radical (unpaired) electrons. The predicted octanol–water partition coefficient (Wildman–Crippen LogP) is 3.66. The van der Waals surface area contributed by atoms with E-state index in [1.54, 1.807) is 6.92 Å². The number of nitrogens with one attached hydrogen (secondary N) is 1. The van der Waals surface area contributed by atoms with Crippen LogP contribution in [0.1, 0.15) is 20.8 Å². The maximum atomic E-state index is 6.08. The highest BCUT2D eigenvalue weighted by atomic mass is 32.1. The fraction of sp³-hybridized carbons (Fsp3) is 0.300. The van der Waals surface area contributed by atoms with Gasteiger partial charge in [-0.1, -0.05) is 32.0 Å². The second-order valence-electron chi connectivity index (χ2n) is 1.62. The average Bonchev–Trinajstić information content (AvgIpc) is 2.11. The highest BCUT2D eigenvalue weighted by Crippen LogP contribution is 2.00. The molecule has 2 heteroatoms. The quantitative estimate of drug-likeness (QED) is 0.453. The number of rotatable bonds is 0. The van der Waals surface area contributed by atoms with Crippen LogP contribution in [0.2, 0.25) is 0 Å². The fourth-order valence-electron chi connectivity index (χ4n) is 0.428. The molecule has 1 aromatic rings. The zero-order valence-electron chi connectivity index (χ0n) is 7.91. The molecule has 0 fully saturated rings. The molecule has 1 aromatic carbocycles. The van der Waals surface area contributed by atoms with Gasteiger partial charge in [0, 0.05) is 4.90 Å². The second kappa shape index (κ2) is 12.9. The smallest absolute Gasteiger partial charge is 0.00399 e. The van der Waals surface area contributed by atoms with Crippen LogP contribution in [0.25, 0.3) is 0 Å². The van der Waals surface area contributed by atoms with E-state index in [1.807, 2.05) is 44.2 Å². The van der Waals surface area contributed by atoms with Crippen molar-refractivity contribution in [3.8, 4) is 0 Å². The van der Waals surface area contributed by atoms with Crippen LogP contribution in [0.4, 0.5) is 0 Å². The van der Waals surface area contributed by atoms with Gasteiger partial charge >= 0.3 is 0 Å². The molecule has 0 heterocycles. The van der Waals surface area contributed by atoms with Gasteiger partial charge in [0.2, 0.25) is 0 Å². The first-order chi connectivity index (χ1) is 5.81. The monoisotopic (exact) mass is 183 g/mol. The van der Waals surface area contributed by atoms with Gasteiger partial charge in [0.1, 0.15) is 0 Å². The lowest BCUT2D eigenvalue weighted by molar-refractivity contribution is 1.48. The lowest BCUT2D eigenvalue weighted by Gasteiger charge is -1.81. The number of hydrogen-bond donors (Lipinski definition) is 2. The number of benzene rings is 1. The fourth-order valence-corrected chi connectivity index (χ4v) is 0.600. The summed E-state index contributed by atoms with van der Waals surface area (Å²) in [6.07, 6.45) is 1.25. The summed E-state index contributed by atoms with van der Waals surface area (Å²) >= 11 is 4.08. The minimum Gasteiger partial charge on any atom is -0.313 e. The van der Waals surface area contributed by atoms with Crippen LogP contribution in [0.15, 0.2) is 35.2 Å². The predicted molar refractivity (Wildman–Crippen MR) is 59.5 cm³/mol. The van der Waals surface area contributed by atoms with E-state index in [2.05, 4.69) is 12.6 Å². The lowest BCUT2D eigenvalue weighted by Crippen LogP contribution is -1.56. The van der Waals surface area contributed by atoms with Crippen molar-refractivity contribution >= 4 is 18.8 Å². The van der Waals surface area contributed by atoms with Gasteiger partial charge in [-0.3, -0.25) is 0 Å². The summed E-state index contributed by atoms with van der Waals surface area (Å²) in [6, 6.07) is 9.79. The molecule has 0 aliphatic heterocycles. The largest absolute Gasteiger partial charge is 0.313 e. The Labute approximate surface area is 80.7 Å². The van der Waals surface area contributed by atoms with E-state index in [-0.39, 0.29) is 0 Å². The molecule has 0 aromatic heterocycles. The van der Waals surface area contributed by atoms with Crippen molar-refractivity contribution in [2.45, 2.75) is 25.7 Å². The molecule has 1 N–H and O–H groups in total. The average molecular weight is 183 g/mol. The standard InChI is InChI=1S/C6H6S.C2H5N.C2H6/c7-6-4-2-1-3-5-6;1-2-3;1-2/h1-5,7H;2-3H,1H3;1-2H3. The molecule has 0 amide bonds. The summed E-state index contributed by atoms with van der Waals surface area (Å²) in [5, 5.41) is 6.08. The Morgan fingerprint density at radius 3 is 1.67 bits per heavy atom. The van der Waals surface area contributed by atoms with E-state index in [1.165, 1.54) is 6.21 Å². The molecule has 1 nitrogen and oxygen atoms in total. The van der Waals surface area contributed by atoms with Crippen molar-refractivity contribution in [2.24, 2.45) is 0 Å². The first-order valence-electron chi connectivity index (χ1n) is 4.00. The molecule has 12 heavy (non-hydrogen) atoms. The summed E-state index contributed by atoms with van der Waals surface area (Å²) < 4.78 is 0. The Bertz CT molecular complexity index is 172. The molecular weight excluding hydrogens is 166 g/mol. The van der Waals surface area contributed by atoms with Crippen LogP contribution in [0.3, 0.4) is 0 Å². The zero-order valence-corrected chi connectivity index (χ0v) is 8.81. The Hall–Kier alpha value is -0.760. The van der Waals surface area contributed by atoms with Gasteiger partial charge in [-0.15, -0.1) is 12.6 Å². The molecule has 0 atom stereocenters. The summed E-state index contributed by atoms with van der Waals surface area (Å²) in [5.74, 6) is 0. The van der Waals surface area contributed by atoms with E-state index < -0.39 is 0 Å². The van der Waals surface area contributed by atoms with Crippen LogP contribution in [-0.2, 0) is 0 Å². The Balaban J connectivity index is 0. The van der Waals surface area contributed by atoms with Gasteiger partial charge < -0.3 is 5.41 Å². The van der Waals surface area contributed by atoms with E-state index in [9.17, 15) is 0 Å². The van der Waals surface area contributed by atoms with Crippen LogP contribution < -0.4 is 0 Å². The molecule has 0 saturated heterocycles. The molecule has 1 rings (SSSR count). The SMILES string of the molecule is CC.CC=N.Sc1ccccc1. The van der Waals surface area contributed by atoms with Crippen molar-refractivity contribution in [1.82, 2.24) is 0 Å². The van der Waals surface area contributed by atoms with Crippen LogP contribution in [0, 0.1) is 5.41 Å². The van der Waals surface area contributed by atoms with Crippen LogP contribution in [0.5, 0.6) is 0 Å². The molecule has 68 valence electrons. The lowest BCUT2D eigenvalue weighted by atomic mass is 10.4. The van der Waals surface area contributed by atoms with E-state index >= 15 is 0 Å². The highest BCUT2D eigenvalue weighted by molar-refractivity contribution is 7.80. The van der Waals surface area contributed by atoms with Gasteiger partial charge in [0.05, 0.1) is 0 Å². The molecule has 0 unspecified atom stereocenters. The molecular formula is C10H17NS. The summed E-state index contributed by atoms with van der Waals surface area (Å²) in [6.45, 7) is 5.67. The first-order valence-corrected chi connectivity index (χ1v) is 4.45. The molecule has 0 saturated carbocycles. The van der Waals surface area contributed by atoms with Crippen molar-refractivity contribution in [2.75, 3.05) is 0 Å². The third kappa shape index (κ3) is 12.0. The topological polar surface area (TPSA) is 23.9 Å². The molecule has 0 aliphatic carbocycles. The van der Waals surface area contributed by atoms with E-state index in [0.29, 0.717) is 0 Å². The first kappa shape index (κ1) is 13.8. The maximum absolute atomic E-state index is 6.08. The molecule has 0 aliphatic rings. The Kier molecular flexibility index (Phi) is 14.8. The van der Waals surface area contributed by atoms with Crippen LogP contribution in [-0.4, -0.2) is 6.21 Å². The minimum absolute atomic E-state index is 1.02. The van der Waals surface area contributed by atoms with E-state index in [0.717, 1.165) is 4.90 Å². The Morgan fingerprint density at radius 1 is 1.17 bits per heavy atom. The highest BCUT2D eigenvalue weighted by Gasteiger charge is 1.73. The van der Waals surface area contributed by atoms with Gasteiger partial charge in [0.15, 0.2) is 0 Å². The van der Waals surface area contributed by atoms with Gasteiger partial charge in [-0.25, -0.2) is 0 Å². The third-order valence-corrected chi connectivity index (χ3v) is 1.05. The summed E-state index contributed by atoms with van der Waals surface area (Å²) in [5.41, 5.74) is 0. The zero-order chi connectivity index (χ0) is 9.82. The second-order valence-corrected chi connectivity index (χ2v) is 2.14. The number of thiol groups is 1. The van der Waals surface area contributed by atoms with Crippen molar-refractivity contribution < 1.29 is 0 Å². The number of hydrogen-bond acceptors (Lipinski definition) is 2.